The maximum absolute atomic E-state index is 13.7. The van der Waals surface area contributed by atoms with E-state index in [0.29, 0.717) is 5.92 Å². The topological polar surface area (TPSA) is 63.2 Å². The molecule has 1 saturated carbocycles. The van der Waals surface area contributed by atoms with Crippen LogP contribution >= 0.6 is 10.7 Å². The average molecular weight is 306 g/mol. The summed E-state index contributed by atoms with van der Waals surface area (Å²) in [6.07, 6.45) is 1.75. The minimum Gasteiger partial charge on any atom is -0.349 e. The van der Waals surface area contributed by atoms with Crippen molar-refractivity contribution in [2.45, 2.75) is 30.7 Å². The molecule has 0 aromatic heterocycles. The molecule has 0 saturated heterocycles. The van der Waals surface area contributed by atoms with E-state index < -0.39 is 20.8 Å². The van der Waals surface area contributed by atoms with Gasteiger partial charge in [-0.15, -0.1) is 0 Å². The molecule has 0 aliphatic heterocycles. The summed E-state index contributed by atoms with van der Waals surface area (Å²) in [6, 6.07) is 3.06. The fourth-order valence-electron chi connectivity index (χ4n) is 2.12. The predicted octanol–water partition coefficient (Wildman–Crippen LogP) is 2.28. The Morgan fingerprint density at radius 3 is 2.53 bits per heavy atom. The Labute approximate surface area is 115 Å². The minimum atomic E-state index is -3.99. The van der Waals surface area contributed by atoms with E-state index in [4.69, 9.17) is 10.7 Å². The summed E-state index contributed by atoms with van der Waals surface area (Å²) in [5, 5.41) is 2.70. The normalized spacial score (nSPS) is 22.7. The minimum absolute atomic E-state index is 0.0679. The van der Waals surface area contributed by atoms with Crippen LogP contribution in [0.3, 0.4) is 0 Å². The summed E-state index contributed by atoms with van der Waals surface area (Å²) in [5.41, 5.74) is -0.177. The van der Waals surface area contributed by atoms with Gasteiger partial charge in [0.25, 0.3) is 15.0 Å². The molecule has 19 heavy (non-hydrogen) atoms. The Bertz CT molecular complexity index is 611. The van der Waals surface area contributed by atoms with Crippen molar-refractivity contribution < 1.29 is 17.6 Å². The first-order valence-corrected chi connectivity index (χ1v) is 8.13. The van der Waals surface area contributed by atoms with Crippen LogP contribution < -0.4 is 5.32 Å². The SMILES string of the molecule is CC1CC(NC(=O)c2ccc(S(=O)(=O)Cl)cc2F)C1. The van der Waals surface area contributed by atoms with Gasteiger partial charge in [0, 0.05) is 16.7 Å². The largest absolute Gasteiger partial charge is 0.349 e. The van der Waals surface area contributed by atoms with Crippen LogP contribution in [-0.4, -0.2) is 20.4 Å². The molecule has 2 rings (SSSR count). The molecule has 1 aromatic carbocycles. The first-order valence-electron chi connectivity index (χ1n) is 5.82. The van der Waals surface area contributed by atoms with Crippen molar-refractivity contribution in [1.29, 1.82) is 0 Å². The molecule has 1 N–H and O–H groups in total. The molecule has 1 amide bonds. The highest BCUT2D eigenvalue weighted by Crippen LogP contribution is 2.27. The first kappa shape index (κ1) is 14.3. The van der Waals surface area contributed by atoms with Gasteiger partial charge in [-0.25, -0.2) is 12.8 Å². The van der Waals surface area contributed by atoms with Crippen LogP contribution in [0.2, 0.25) is 0 Å². The van der Waals surface area contributed by atoms with Crippen molar-refractivity contribution in [1.82, 2.24) is 5.32 Å². The van der Waals surface area contributed by atoms with E-state index in [1.165, 1.54) is 0 Å². The lowest BCUT2D eigenvalue weighted by Crippen LogP contribution is -2.43. The summed E-state index contributed by atoms with van der Waals surface area (Å²) >= 11 is 0. The van der Waals surface area contributed by atoms with E-state index in [2.05, 4.69) is 12.2 Å². The van der Waals surface area contributed by atoms with Gasteiger partial charge >= 0.3 is 0 Å². The lowest BCUT2D eigenvalue weighted by atomic mass is 9.82. The number of halogens is 2. The molecule has 1 fully saturated rings. The van der Waals surface area contributed by atoms with Gasteiger partial charge in [-0.3, -0.25) is 4.79 Å². The van der Waals surface area contributed by atoms with Crippen molar-refractivity contribution in [3.8, 4) is 0 Å². The van der Waals surface area contributed by atoms with Crippen LogP contribution in [0.4, 0.5) is 4.39 Å². The molecule has 4 nitrogen and oxygen atoms in total. The van der Waals surface area contributed by atoms with Crippen molar-refractivity contribution >= 4 is 25.6 Å². The molecule has 1 aliphatic rings. The predicted molar refractivity (Wildman–Crippen MR) is 69.1 cm³/mol. The lowest BCUT2D eigenvalue weighted by molar-refractivity contribution is 0.0892. The van der Waals surface area contributed by atoms with Crippen molar-refractivity contribution in [2.24, 2.45) is 5.92 Å². The zero-order valence-corrected chi connectivity index (χ0v) is 11.8. The molecule has 0 atom stereocenters. The third kappa shape index (κ3) is 3.25. The Hall–Kier alpha value is -1.14. The highest BCUT2D eigenvalue weighted by molar-refractivity contribution is 8.13. The van der Waals surface area contributed by atoms with Crippen molar-refractivity contribution in [3.05, 3.63) is 29.6 Å². The van der Waals surface area contributed by atoms with E-state index in [0.717, 1.165) is 31.0 Å². The van der Waals surface area contributed by atoms with Crippen LogP contribution in [0.5, 0.6) is 0 Å². The van der Waals surface area contributed by atoms with E-state index in [1.54, 1.807) is 0 Å². The first-order chi connectivity index (χ1) is 8.77. The fourth-order valence-corrected chi connectivity index (χ4v) is 2.88. The van der Waals surface area contributed by atoms with Gasteiger partial charge in [0.2, 0.25) is 0 Å². The molecule has 0 radical (unpaired) electrons. The third-order valence-corrected chi connectivity index (χ3v) is 4.53. The van der Waals surface area contributed by atoms with Gasteiger partial charge in [-0.05, 0) is 37.0 Å². The number of benzene rings is 1. The fraction of sp³-hybridized carbons (Fsp3) is 0.417. The summed E-state index contributed by atoms with van der Waals surface area (Å²) < 4.78 is 35.8. The third-order valence-electron chi connectivity index (χ3n) is 3.18. The summed E-state index contributed by atoms with van der Waals surface area (Å²) in [7, 11) is 1.11. The number of nitrogens with one attached hydrogen (secondary N) is 1. The van der Waals surface area contributed by atoms with Crippen LogP contribution in [0, 0.1) is 11.7 Å². The zero-order valence-electron chi connectivity index (χ0n) is 10.2. The van der Waals surface area contributed by atoms with Gasteiger partial charge in [0.05, 0.1) is 10.5 Å². The highest BCUT2D eigenvalue weighted by Gasteiger charge is 2.27. The second-order valence-electron chi connectivity index (χ2n) is 4.83. The van der Waals surface area contributed by atoms with E-state index >= 15 is 0 Å². The smallest absolute Gasteiger partial charge is 0.261 e. The van der Waals surface area contributed by atoms with Crippen LogP contribution in [0.1, 0.15) is 30.1 Å². The van der Waals surface area contributed by atoms with Crippen molar-refractivity contribution in [3.63, 3.8) is 0 Å². The van der Waals surface area contributed by atoms with E-state index in [1.807, 2.05) is 0 Å². The lowest BCUT2D eigenvalue weighted by Gasteiger charge is -2.33. The number of hydrogen-bond donors (Lipinski definition) is 1. The molecule has 0 bridgehead atoms. The van der Waals surface area contributed by atoms with Gasteiger partial charge in [-0.2, -0.15) is 0 Å². The summed E-state index contributed by atoms with van der Waals surface area (Å²) in [5.74, 6) is -0.863. The van der Waals surface area contributed by atoms with Crippen LogP contribution in [-0.2, 0) is 9.05 Å². The van der Waals surface area contributed by atoms with E-state index in [9.17, 15) is 17.6 Å². The second-order valence-corrected chi connectivity index (χ2v) is 7.39. The number of hydrogen-bond acceptors (Lipinski definition) is 3. The zero-order chi connectivity index (χ0) is 14.2. The number of rotatable bonds is 3. The summed E-state index contributed by atoms with van der Waals surface area (Å²) in [4.78, 5) is 11.4. The van der Waals surface area contributed by atoms with Gasteiger partial charge in [0.1, 0.15) is 5.82 Å². The van der Waals surface area contributed by atoms with Crippen LogP contribution in [0.25, 0.3) is 0 Å². The Kier molecular flexibility index (Phi) is 3.82. The van der Waals surface area contributed by atoms with E-state index in [-0.39, 0.29) is 16.5 Å². The maximum Gasteiger partial charge on any atom is 0.261 e. The Morgan fingerprint density at radius 2 is 2.05 bits per heavy atom. The van der Waals surface area contributed by atoms with Gasteiger partial charge < -0.3 is 5.32 Å². The van der Waals surface area contributed by atoms with Gasteiger partial charge in [-0.1, -0.05) is 6.92 Å². The Morgan fingerprint density at radius 1 is 1.42 bits per heavy atom. The molecule has 7 heteroatoms. The molecule has 1 aliphatic carbocycles. The van der Waals surface area contributed by atoms with Gasteiger partial charge in [0.15, 0.2) is 0 Å². The monoisotopic (exact) mass is 305 g/mol. The number of amides is 1. The average Bonchev–Trinajstić information content (AvgIpc) is 2.25. The number of carbonyl (C=O) groups excluding carboxylic acids is 1. The number of carbonyl (C=O) groups is 1. The van der Waals surface area contributed by atoms with Crippen LogP contribution in [0.15, 0.2) is 23.1 Å². The standard InChI is InChI=1S/C12H13ClFNO3S/c1-7-4-8(5-7)15-12(16)10-3-2-9(6-11(10)14)19(13,17)18/h2-3,6-8H,4-5H2,1H3,(H,15,16). The molecule has 0 spiro atoms. The molecule has 104 valence electrons. The molecular formula is C12H13ClFNO3S. The molecule has 1 aromatic rings. The second kappa shape index (κ2) is 5.09. The molecule has 0 unspecified atom stereocenters. The molecular weight excluding hydrogens is 293 g/mol. The maximum atomic E-state index is 13.7. The quantitative estimate of drug-likeness (QED) is 0.871. The van der Waals surface area contributed by atoms with Crippen molar-refractivity contribution in [2.75, 3.05) is 0 Å². The Balaban J connectivity index is 2.14. The highest BCUT2D eigenvalue weighted by atomic mass is 35.7. The molecule has 0 heterocycles. The summed E-state index contributed by atoms with van der Waals surface area (Å²) in [6.45, 7) is 2.07.